The summed E-state index contributed by atoms with van der Waals surface area (Å²) in [5.74, 6) is 0.831. The van der Waals surface area contributed by atoms with Gasteiger partial charge >= 0.3 is 0 Å². The molecular formula is C13H18N2O4S. The molecule has 2 heterocycles. The van der Waals surface area contributed by atoms with E-state index in [4.69, 9.17) is 9.36 Å². The Hall–Kier alpha value is -1.37. The Morgan fingerprint density at radius 2 is 2.05 bits per heavy atom. The molecular weight excluding hydrogens is 280 g/mol. The standard InChI is InChI=1S/C13H18N2O4S/c1-8-10(12(15-18-8)9-4-5-9)7-20(16,17)11-6-13(2,3)19-14-11/h9H,4-7H2,1-3H3. The number of oxime groups is 1. The third-order valence-corrected chi connectivity index (χ3v) is 5.25. The summed E-state index contributed by atoms with van der Waals surface area (Å²) in [7, 11) is -3.48. The van der Waals surface area contributed by atoms with Crippen LogP contribution in [0.3, 0.4) is 0 Å². The molecule has 0 aromatic carbocycles. The molecule has 0 amide bonds. The van der Waals surface area contributed by atoms with Crippen LogP contribution in [0, 0.1) is 6.92 Å². The number of sulfone groups is 1. The highest BCUT2D eigenvalue weighted by Gasteiger charge is 2.38. The highest BCUT2D eigenvalue weighted by molar-refractivity contribution is 8.05. The Bertz CT molecular complexity index is 669. The van der Waals surface area contributed by atoms with Crippen LogP contribution in [0.4, 0.5) is 0 Å². The zero-order valence-corrected chi connectivity index (χ0v) is 12.7. The number of aryl methyl sites for hydroxylation is 1. The summed E-state index contributed by atoms with van der Waals surface area (Å²) >= 11 is 0. The SMILES string of the molecule is Cc1onc(C2CC2)c1CS(=O)(=O)C1=NOC(C)(C)C1. The molecule has 3 rings (SSSR count). The predicted octanol–water partition coefficient (Wildman–Crippen LogP) is 2.29. The van der Waals surface area contributed by atoms with E-state index in [1.807, 2.05) is 13.8 Å². The summed E-state index contributed by atoms with van der Waals surface area (Å²) in [4.78, 5) is 5.15. The molecule has 20 heavy (non-hydrogen) atoms. The molecule has 1 aromatic rings. The van der Waals surface area contributed by atoms with Crippen molar-refractivity contribution in [2.75, 3.05) is 0 Å². The van der Waals surface area contributed by atoms with Crippen molar-refractivity contribution in [2.24, 2.45) is 5.16 Å². The van der Waals surface area contributed by atoms with Gasteiger partial charge in [-0.25, -0.2) is 8.42 Å². The van der Waals surface area contributed by atoms with Crippen LogP contribution in [0.1, 0.15) is 56.0 Å². The van der Waals surface area contributed by atoms with Gasteiger partial charge in [-0.2, -0.15) is 0 Å². The lowest BCUT2D eigenvalue weighted by Gasteiger charge is -2.13. The summed E-state index contributed by atoms with van der Waals surface area (Å²) in [6.07, 6.45) is 2.41. The second-order valence-electron chi connectivity index (χ2n) is 6.15. The number of hydrogen-bond acceptors (Lipinski definition) is 6. The van der Waals surface area contributed by atoms with Crippen molar-refractivity contribution in [1.29, 1.82) is 0 Å². The molecule has 0 atom stereocenters. The number of aromatic nitrogens is 1. The van der Waals surface area contributed by atoms with Crippen molar-refractivity contribution in [2.45, 2.75) is 57.3 Å². The second kappa shape index (κ2) is 4.31. The van der Waals surface area contributed by atoms with Gasteiger partial charge in [0.25, 0.3) is 0 Å². The molecule has 110 valence electrons. The minimum Gasteiger partial charge on any atom is -0.389 e. The van der Waals surface area contributed by atoms with Gasteiger partial charge in [-0.1, -0.05) is 10.3 Å². The van der Waals surface area contributed by atoms with Crippen molar-refractivity contribution in [3.05, 3.63) is 17.0 Å². The number of hydrogen-bond donors (Lipinski definition) is 0. The molecule has 1 aromatic heterocycles. The fourth-order valence-corrected chi connectivity index (χ4v) is 3.92. The molecule has 0 radical (unpaired) electrons. The summed E-state index contributed by atoms with van der Waals surface area (Å²) in [6, 6.07) is 0. The van der Waals surface area contributed by atoms with Crippen LogP contribution in [0.25, 0.3) is 0 Å². The lowest BCUT2D eigenvalue weighted by atomic mass is 10.1. The van der Waals surface area contributed by atoms with Gasteiger partial charge in [-0.05, 0) is 33.6 Å². The van der Waals surface area contributed by atoms with E-state index in [1.165, 1.54) is 0 Å². The quantitative estimate of drug-likeness (QED) is 0.855. The monoisotopic (exact) mass is 298 g/mol. The lowest BCUT2D eigenvalue weighted by Crippen LogP contribution is -2.23. The predicted molar refractivity (Wildman–Crippen MR) is 73.1 cm³/mol. The van der Waals surface area contributed by atoms with E-state index in [2.05, 4.69) is 10.3 Å². The van der Waals surface area contributed by atoms with Crippen molar-refractivity contribution >= 4 is 14.9 Å². The smallest absolute Gasteiger partial charge is 0.199 e. The maximum Gasteiger partial charge on any atom is 0.199 e. The molecule has 2 aliphatic rings. The third kappa shape index (κ3) is 2.46. The Balaban J connectivity index is 1.86. The molecule has 1 fully saturated rings. The molecule has 0 bridgehead atoms. The lowest BCUT2D eigenvalue weighted by molar-refractivity contribution is 0.0123. The summed E-state index contributed by atoms with van der Waals surface area (Å²) in [5, 5.41) is 7.86. The molecule has 0 spiro atoms. The Labute approximate surface area is 118 Å². The van der Waals surface area contributed by atoms with E-state index in [-0.39, 0.29) is 10.8 Å². The van der Waals surface area contributed by atoms with Crippen molar-refractivity contribution in [3.8, 4) is 0 Å². The average molecular weight is 298 g/mol. The van der Waals surface area contributed by atoms with Crippen molar-refractivity contribution < 1.29 is 17.8 Å². The van der Waals surface area contributed by atoms with Gasteiger partial charge in [0.2, 0.25) is 0 Å². The Morgan fingerprint density at radius 3 is 2.60 bits per heavy atom. The fraction of sp³-hybridized carbons (Fsp3) is 0.692. The first-order valence-corrected chi connectivity index (χ1v) is 8.36. The molecule has 0 unspecified atom stereocenters. The molecule has 0 saturated heterocycles. The molecule has 1 aliphatic heterocycles. The maximum atomic E-state index is 12.5. The van der Waals surface area contributed by atoms with E-state index in [9.17, 15) is 8.42 Å². The fourth-order valence-electron chi connectivity index (χ4n) is 2.30. The third-order valence-electron chi connectivity index (χ3n) is 3.64. The highest BCUT2D eigenvalue weighted by atomic mass is 32.2. The van der Waals surface area contributed by atoms with E-state index < -0.39 is 15.4 Å². The first-order valence-electron chi connectivity index (χ1n) is 6.71. The normalized spacial score (nSPS) is 21.6. The summed E-state index contributed by atoms with van der Waals surface area (Å²) in [6.45, 7) is 5.39. The summed E-state index contributed by atoms with van der Waals surface area (Å²) < 4.78 is 30.1. The highest BCUT2D eigenvalue weighted by Crippen LogP contribution is 2.42. The first kappa shape index (κ1) is 13.6. The Morgan fingerprint density at radius 1 is 1.35 bits per heavy atom. The average Bonchev–Trinajstić information content (AvgIpc) is 3.03. The van der Waals surface area contributed by atoms with Crippen LogP contribution in [-0.2, 0) is 20.4 Å². The maximum absolute atomic E-state index is 12.5. The van der Waals surface area contributed by atoms with Crippen LogP contribution in [0.2, 0.25) is 0 Å². The molecule has 1 saturated carbocycles. The zero-order valence-electron chi connectivity index (χ0n) is 11.8. The second-order valence-corrected chi connectivity index (χ2v) is 8.14. The minimum atomic E-state index is -3.48. The van der Waals surface area contributed by atoms with Gasteiger partial charge in [0, 0.05) is 17.9 Å². The molecule has 6 nitrogen and oxygen atoms in total. The summed E-state index contributed by atoms with van der Waals surface area (Å²) in [5.41, 5.74) is 0.940. The van der Waals surface area contributed by atoms with Crippen LogP contribution >= 0.6 is 0 Å². The molecule has 0 N–H and O–H groups in total. The van der Waals surface area contributed by atoms with Crippen LogP contribution < -0.4 is 0 Å². The van der Waals surface area contributed by atoms with Gasteiger partial charge in [-0.15, -0.1) is 0 Å². The number of rotatable bonds is 3. The van der Waals surface area contributed by atoms with Gasteiger partial charge < -0.3 is 9.36 Å². The minimum absolute atomic E-state index is 0.105. The van der Waals surface area contributed by atoms with E-state index in [0.717, 1.165) is 18.5 Å². The van der Waals surface area contributed by atoms with Crippen molar-refractivity contribution in [3.63, 3.8) is 0 Å². The number of nitrogens with zero attached hydrogens (tertiary/aromatic N) is 2. The van der Waals surface area contributed by atoms with Crippen LogP contribution in [0.15, 0.2) is 9.68 Å². The van der Waals surface area contributed by atoms with E-state index in [0.29, 0.717) is 23.7 Å². The molecule has 7 heteroatoms. The van der Waals surface area contributed by atoms with Crippen LogP contribution in [-0.4, -0.2) is 24.2 Å². The van der Waals surface area contributed by atoms with E-state index in [1.54, 1.807) is 6.92 Å². The van der Waals surface area contributed by atoms with Crippen LogP contribution in [0.5, 0.6) is 0 Å². The molecule has 1 aliphatic carbocycles. The zero-order chi connectivity index (χ0) is 14.5. The Kier molecular flexibility index (Phi) is 2.93. The first-order chi connectivity index (χ1) is 9.28. The van der Waals surface area contributed by atoms with Gasteiger partial charge in [0.1, 0.15) is 11.4 Å². The largest absolute Gasteiger partial charge is 0.389 e. The van der Waals surface area contributed by atoms with E-state index >= 15 is 0 Å². The van der Waals surface area contributed by atoms with Gasteiger partial charge in [0.05, 0.1) is 11.4 Å². The van der Waals surface area contributed by atoms with Gasteiger partial charge in [-0.3, -0.25) is 0 Å². The van der Waals surface area contributed by atoms with Crippen molar-refractivity contribution in [1.82, 2.24) is 5.16 Å². The topological polar surface area (TPSA) is 81.8 Å². The van der Waals surface area contributed by atoms with Gasteiger partial charge in [0.15, 0.2) is 14.9 Å².